The summed E-state index contributed by atoms with van der Waals surface area (Å²) in [5.41, 5.74) is 12.4. The number of carbonyl (C=O) groups is 1. The molecule has 6 N–H and O–H groups in total. The normalized spacial score (nSPS) is 11.5. The Labute approximate surface area is 182 Å². The highest BCUT2D eigenvalue weighted by atomic mass is 35.5. The number of anilines is 2. The molecule has 166 valence electrons. The van der Waals surface area contributed by atoms with Crippen molar-refractivity contribution in [2.24, 2.45) is 5.73 Å². The molecular formula is C20H22ClF3N6O. The van der Waals surface area contributed by atoms with E-state index >= 15 is 0 Å². The summed E-state index contributed by atoms with van der Waals surface area (Å²) in [6, 6.07) is 3.32. The van der Waals surface area contributed by atoms with Crippen molar-refractivity contribution in [2.45, 2.75) is 25.6 Å². The van der Waals surface area contributed by atoms with E-state index in [1.807, 2.05) is 0 Å². The lowest BCUT2D eigenvalue weighted by molar-refractivity contribution is -0.137. The number of halogens is 4. The van der Waals surface area contributed by atoms with Crippen LogP contribution in [0.1, 0.15) is 22.4 Å². The molecule has 0 unspecified atom stereocenters. The van der Waals surface area contributed by atoms with E-state index in [0.717, 1.165) is 12.1 Å². The average molecular weight is 455 g/mol. The van der Waals surface area contributed by atoms with Gasteiger partial charge in [-0.2, -0.15) is 13.2 Å². The number of allylic oxidation sites excluding steroid dienone is 2. The highest BCUT2D eigenvalue weighted by Gasteiger charge is 2.31. The quantitative estimate of drug-likeness (QED) is 0.144. The third-order valence-corrected chi connectivity index (χ3v) is 4.36. The van der Waals surface area contributed by atoms with Gasteiger partial charge in [-0.3, -0.25) is 4.79 Å². The average Bonchev–Trinajstić information content (AvgIpc) is 2.67. The van der Waals surface area contributed by atoms with Crippen LogP contribution >= 0.6 is 11.6 Å². The van der Waals surface area contributed by atoms with Gasteiger partial charge in [0.2, 0.25) is 11.7 Å². The highest BCUT2D eigenvalue weighted by Crippen LogP contribution is 2.31. The molecule has 0 spiro atoms. The lowest BCUT2D eigenvalue weighted by Gasteiger charge is -2.16. The van der Waals surface area contributed by atoms with Gasteiger partial charge in [-0.15, -0.1) is 0 Å². The van der Waals surface area contributed by atoms with Gasteiger partial charge < -0.3 is 22.1 Å². The number of alkyl halides is 3. The number of amides is 1. The van der Waals surface area contributed by atoms with Gasteiger partial charge in [-0.1, -0.05) is 6.58 Å². The second-order valence-corrected chi connectivity index (χ2v) is 6.94. The summed E-state index contributed by atoms with van der Waals surface area (Å²) in [4.78, 5) is 19.0. The Kier molecular flexibility index (Phi) is 8.26. The zero-order valence-electron chi connectivity index (χ0n) is 16.5. The second-order valence-electron chi connectivity index (χ2n) is 6.60. The zero-order valence-corrected chi connectivity index (χ0v) is 17.2. The summed E-state index contributed by atoms with van der Waals surface area (Å²) in [5, 5.41) is 5.51. The van der Waals surface area contributed by atoms with Crippen molar-refractivity contribution in [3.8, 4) is 0 Å². The smallest absolute Gasteiger partial charge is 0.405 e. The van der Waals surface area contributed by atoms with Crippen LogP contribution in [-0.2, 0) is 30.4 Å². The van der Waals surface area contributed by atoms with Gasteiger partial charge in [0.05, 0.1) is 11.3 Å². The van der Waals surface area contributed by atoms with Gasteiger partial charge in [0.25, 0.3) is 0 Å². The topological polar surface area (TPSA) is 119 Å². The molecule has 7 nitrogen and oxygen atoms in total. The molecule has 1 heterocycles. The Morgan fingerprint density at radius 2 is 2.00 bits per heavy atom. The van der Waals surface area contributed by atoms with Crippen LogP contribution in [0.5, 0.6) is 0 Å². The summed E-state index contributed by atoms with van der Waals surface area (Å²) in [5.74, 6) is 0.337. The molecule has 2 rings (SSSR count). The van der Waals surface area contributed by atoms with Crippen LogP contribution in [-0.4, -0.2) is 22.9 Å². The minimum atomic E-state index is -4.52. The second kappa shape index (κ2) is 10.7. The first-order valence-corrected chi connectivity index (χ1v) is 9.50. The minimum Gasteiger partial charge on any atom is -0.405 e. The summed E-state index contributed by atoms with van der Waals surface area (Å²) >= 11 is 6.05. The van der Waals surface area contributed by atoms with Crippen LogP contribution in [0.2, 0.25) is 5.28 Å². The summed E-state index contributed by atoms with van der Waals surface area (Å²) in [7, 11) is 0. The fourth-order valence-electron chi connectivity index (χ4n) is 2.88. The van der Waals surface area contributed by atoms with Crippen molar-refractivity contribution in [2.75, 3.05) is 17.6 Å². The first-order chi connectivity index (χ1) is 14.6. The maximum atomic E-state index is 13.1. The van der Waals surface area contributed by atoms with Crippen LogP contribution in [0.15, 0.2) is 42.6 Å². The van der Waals surface area contributed by atoms with Gasteiger partial charge in [0, 0.05) is 37.2 Å². The maximum absolute atomic E-state index is 13.1. The molecule has 11 heteroatoms. The third-order valence-electron chi connectivity index (χ3n) is 4.19. The van der Waals surface area contributed by atoms with Crippen molar-refractivity contribution in [1.82, 2.24) is 15.3 Å². The van der Waals surface area contributed by atoms with Crippen molar-refractivity contribution in [3.63, 3.8) is 0 Å². The van der Waals surface area contributed by atoms with Crippen molar-refractivity contribution >= 4 is 29.5 Å². The van der Waals surface area contributed by atoms with Crippen LogP contribution in [0.3, 0.4) is 0 Å². The number of nitrogen functional groups attached to an aromatic ring is 1. The van der Waals surface area contributed by atoms with E-state index in [0.29, 0.717) is 54.0 Å². The predicted octanol–water partition coefficient (Wildman–Crippen LogP) is 3.20. The SMILES string of the molecule is C=C(/C=C\N)Cc1c(CCNC=O)nc(Cl)nc1NCc1cc(N)cc(C(F)(F)F)c1. The number of benzene rings is 1. The van der Waals surface area contributed by atoms with E-state index in [9.17, 15) is 18.0 Å². The number of aromatic nitrogens is 2. The van der Waals surface area contributed by atoms with E-state index in [1.165, 1.54) is 12.3 Å². The van der Waals surface area contributed by atoms with Crippen LogP contribution in [0, 0.1) is 0 Å². The monoisotopic (exact) mass is 454 g/mol. The van der Waals surface area contributed by atoms with Crippen LogP contribution in [0.25, 0.3) is 0 Å². The summed E-state index contributed by atoms with van der Waals surface area (Å²) in [6.07, 6.45) is -0.325. The Morgan fingerprint density at radius 3 is 2.65 bits per heavy atom. The number of hydrogen-bond donors (Lipinski definition) is 4. The summed E-state index contributed by atoms with van der Waals surface area (Å²) in [6.45, 7) is 4.24. The molecule has 2 aromatic rings. The van der Waals surface area contributed by atoms with Gasteiger partial charge in [0.15, 0.2) is 0 Å². The maximum Gasteiger partial charge on any atom is 0.416 e. The standard InChI is InChI=1S/C20H22ClF3N6O/c1-12(2-4-25)6-16-17(3-5-27-11-31)29-19(21)30-18(16)28-10-13-7-14(20(22,23)24)9-15(26)8-13/h2,4,7-9,11H,1,3,5-6,10,25-26H2,(H,27,31)(H,28,29,30)/b4-2-. The number of carbonyl (C=O) groups excluding carboxylic acids is 1. The fourth-order valence-corrected chi connectivity index (χ4v) is 3.07. The molecule has 0 radical (unpaired) electrons. The number of nitrogens with two attached hydrogens (primary N) is 2. The lowest BCUT2D eigenvalue weighted by Crippen LogP contribution is -2.18. The van der Waals surface area contributed by atoms with Crippen molar-refractivity contribution in [1.29, 1.82) is 0 Å². The molecule has 0 aliphatic rings. The molecule has 0 saturated carbocycles. The molecule has 0 aliphatic carbocycles. The molecule has 31 heavy (non-hydrogen) atoms. The molecule has 1 amide bonds. The van der Waals surface area contributed by atoms with Crippen molar-refractivity contribution in [3.05, 3.63) is 70.3 Å². The number of nitrogens with one attached hydrogen (secondary N) is 2. The Balaban J connectivity index is 2.37. The third kappa shape index (κ3) is 7.18. The zero-order chi connectivity index (χ0) is 23.0. The number of nitrogens with zero attached hydrogens (tertiary/aromatic N) is 2. The van der Waals surface area contributed by atoms with Gasteiger partial charge in [-0.05, 0) is 53.2 Å². The van der Waals surface area contributed by atoms with E-state index in [-0.39, 0.29) is 17.5 Å². The molecule has 0 aliphatic heterocycles. The highest BCUT2D eigenvalue weighted by molar-refractivity contribution is 6.28. The fraction of sp³-hybridized carbons (Fsp3) is 0.250. The van der Waals surface area contributed by atoms with Crippen LogP contribution in [0.4, 0.5) is 24.7 Å². The molecule has 0 atom stereocenters. The molecule has 1 aromatic carbocycles. The molecule has 1 aromatic heterocycles. The number of rotatable bonds is 10. The van der Waals surface area contributed by atoms with E-state index in [1.54, 1.807) is 6.08 Å². The van der Waals surface area contributed by atoms with E-state index in [2.05, 4.69) is 27.2 Å². The first-order valence-electron chi connectivity index (χ1n) is 9.13. The lowest BCUT2D eigenvalue weighted by atomic mass is 10.0. The Hall–Kier alpha value is -3.27. The minimum absolute atomic E-state index is 0.00495. The number of hydrogen-bond acceptors (Lipinski definition) is 6. The van der Waals surface area contributed by atoms with Gasteiger partial charge >= 0.3 is 6.18 Å². The molecular weight excluding hydrogens is 433 g/mol. The van der Waals surface area contributed by atoms with Gasteiger partial charge in [0.1, 0.15) is 5.82 Å². The predicted molar refractivity (Wildman–Crippen MR) is 114 cm³/mol. The van der Waals surface area contributed by atoms with Crippen LogP contribution < -0.4 is 22.1 Å². The Bertz CT molecular complexity index is 978. The molecule has 0 saturated heterocycles. The molecule has 0 bridgehead atoms. The van der Waals surface area contributed by atoms with Crippen molar-refractivity contribution < 1.29 is 18.0 Å². The van der Waals surface area contributed by atoms with E-state index < -0.39 is 11.7 Å². The Morgan fingerprint density at radius 1 is 1.26 bits per heavy atom. The first kappa shape index (κ1) is 24.0. The van der Waals surface area contributed by atoms with Gasteiger partial charge in [-0.25, -0.2) is 9.97 Å². The summed E-state index contributed by atoms with van der Waals surface area (Å²) < 4.78 is 39.2. The largest absolute Gasteiger partial charge is 0.416 e. The molecule has 0 fully saturated rings. The van der Waals surface area contributed by atoms with E-state index in [4.69, 9.17) is 23.1 Å².